The van der Waals surface area contributed by atoms with Crippen molar-refractivity contribution in [3.05, 3.63) is 387 Å². The van der Waals surface area contributed by atoms with Crippen molar-refractivity contribution in [2.75, 3.05) is 0 Å². The molecule has 16 rings (SSSR count). The first-order valence-electron chi connectivity index (χ1n) is 48.6. The minimum Gasteiger partial charge on any atom is -0.305 e. The molecule has 4 radical (unpaired) electrons. The summed E-state index contributed by atoms with van der Waals surface area (Å²) in [5.41, 5.74) is 22.4. The summed E-state index contributed by atoms with van der Waals surface area (Å²) in [5.74, 6) is 1.33. The molecular weight excluding hydrogens is 2570 g/mol. The van der Waals surface area contributed by atoms with Crippen LogP contribution in [0.5, 0.6) is 0 Å². The molecule has 8 nitrogen and oxygen atoms in total. The summed E-state index contributed by atoms with van der Waals surface area (Å²) in [6.07, 6.45) is 17.9. The van der Waals surface area contributed by atoms with Gasteiger partial charge in [-0.3, -0.25) is 0 Å². The van der Waals surface area contributed by atoms with Crippen LogP contribution in [0.15, 0.2) is 316 Å². The molecule has 0 saturated carbocycles. The summed E-state index contributed by atoms with van der Waals surface area (Å²) in [5, 5.41) is 11.7. The molecule has 8 heterocycles. The molecular formula is C122H148Ir4N8Si8-8. The van der Waals surface area contributed by atoms with Gasteiger partial charge in [-0.25, -0.2) is 0 Å². The molecule has 8 aromatic heterocycles. The van der Waals surface area contributed by atoms with Gasteiger partial charge < -0.3 is 39.9 Å². The zero-order chi connectivity index (χ0) is 101. The van der Waals surface area contributed by atoms with Crippen molar-refractivity contribution in [1.29, 1.82) is 0 Å². The van der Waals surface area contributed by atoms with Crippen LogP contribution < -0.4 is 41.5 Å². The first-order chi connectivity index (χ1) is 65.0. The van der Waals surface area contributed by atoms with Crippen LogP contribution in [0.4, 0.5) is 0 Å². The SMILES string of the molecule is CC(C)Cc1cc(-c2[c-]cccc2)ncc1[Si](C)(C)C.CC(C)Cc1cc(-c2[c-]cccc2)ncc1[Si](C)(C)C.C[Si](C)(C)c1c[c-]c(-c2ccccn2)cc1.C[Si](C)(C)c1cc[c-]c(-c2ccccn2)c1.C[Si](C)(C)c1cc[c-]c(-c2ccccn2)c1.C[Si](C)(C)c1cc[c-]c(-c2ccccn2)c1.Cc1cc(-c2[c-]cccc2)ncc1[Si](C)(C)C.Cc1cc(-c2[c-]cccc2)ncc1[Si](C)(C)C.[Ir].[Ir].[Ir].[Ir]. The molecule has 0 aliphatic carbocycles. The summed E-state index contributed by atoms with van der Waals surface area (Å²) < 4.78 is 0. The number of rotatable bonds is 20. The predicted octanol–water partition coefficient (Wildman–Crippen LogP) is 27.8. The van der Waals surface area contributed by atoms with E-state index >= 15 is 0 Å². The second kappa shape index (κ2) is 57.4. The van der Waals surface area contributed by atoms with Gasteiger partial charge in [-0.2, -0.15) is 0 Å². The van der Waals surface area contributed by atoms with E-state index in [-0.39, 0.29) is 80.4 Å². The van der Waals surface area contributed by atoms with Crippen LogP contribution >= 0.6 is 0 Å². The Hall–Kier alpha value is -8.71. The fourth-order valence-electron chi connectivity index (χ4n) is 15.4. The van der Waals surface area contributed by atoms with Gasteiger partial charge in [0.25, 0.3) is 0 Å². The number of hydrogen-bond donors (Lipinski definition) is 0. The van der Waals surface area contributed by atoms with Gasteiger partial charge in [0.2, 0.25) is 0 Å². The first kappa shape index (κ1) is 124. The second-order valence-electron chi connectivity index (χ2n) is 44.3. The van der Waals surface area contributed by atoms with Crippen LogP contribution in [0.2, 0.25) is 157 Å². The molecule has 0 aliphatic heterocycles. The minimum absolute atomic E-state index is 0. The molecule has 16 aromatic rings. The van der Waals surface area contributed by atoms with Crippen LogP contribution in [0.1, 0.15) is 49.9 Å². The zero-order valence-electron chi connectivity index (χ0n) is 89.5. The van der Waals surface area contributed by atoms with Crippen LogP contribution in [-0.4, -0.2) is 104 Å². The number of pyridine rings is 8. The predicted molar refractivity (Wildman–Crippen MR) is 618 cm³/mol. The van der Waals surface area contributed by atoms with Crippen molar-refractivity contribution in [2.24, 2.45) is 11.8 Å². The Labute approximate surface area is 917 Å². The van der Waals surface area contributed by atoms with Crippen LogP contribution in [0.3, 0.4) is 0 Å². The quantitative estimate of drug-likeness (QED) is 0.0549. The molecule has 0 unspecified atom stereocenters. The molecule has 142 heavy (non-hydrogen) atoms. The van der Waals surface area contributed by atoms with E-state index in [2.05, 4.69) is 415 Å². The normalized spacial score (nSPS) is 11.3. The van der Waals surface area contributed by atoms with Crippen molar-refractivity contribution in [3.8, 4) is 90.1 Å². The molecule has 0 aliphatic rings. The Bertz CT molecular complexity index is 5980. The number of aromatic nitrogens is 8. The molecule has 20 heteroatoms. The largest absolute Gasteiger partial charge is 0.305 e. The monoisotopic (exact) mass is 2720 g/mol. The van der Waals surface area contributed by atoms with E-state index in [1.54, 1.807) is 0 Å². The molecule has 0 N–H and O–H groups in total. The fraction of sp³-hybridized carbons (Fsp3) is 0.279. The van der Waals surface area contributed by atoms with E-state index in [1.807, 2.05) is 189 Å². The average molecular weight is 2720 g/mol. The topological polar surface area (TPSA) is 103 Å². The zero-order valence-corrected chi connectivity index (χ0v) is 107. The van der Waals surface area contributed by atoms with Crippen molar-refractivity contribution in [1.82, 2.24) is 39.9 Å². The van der Waals surface area contributed by atoms with E-state index in [0.29, 0.717) is 11.8 Å². The second-order valence-corrected chi connectivity index (χ2v) is 84.8. The average Bonchev–Trinajstić information content (AvgIpc) is 0.792. The third-order valence-electron chi connectivity index (χ3n) is 23.1. The number of hydrogen-bond acceptors (Lipinski definition) is 8. The van der Waals surface area contributed by atoms with E-state index < -0.39 is 64.6 Å². The van der Waals surface area contributed by atoms with Gasteiger partial charge in [0.15, 0.2) is 0 Å². The smallest absolute Gasteiger partial charge is 0.0798 e. The van der Waals surface area contributed by atoms with E-state index in [0.717, 1.165) is 103 Å². The van der Waals surface area contributed by atoms with Crippen molar-refractivity contribution < 1.29 is 80.4 Å². The van der Waals surface area contributed by atoms with Gasteiger partial charge in [-0.05, 0) is 129 Å². The molecule has 0 bridgehead atoms. The van der Waals surface area contributed by atoms with Gasteiger partial charge in [0.05, 0.1) is 56.5 Å². The summed E-state index contributed by atoms with van der Waals surface area (Å²) in [7, 11) is -10.2. The van der Waals surface area contributed by atoms with Crippen molar-refractivity contribution in [2.45, 2.75) is 212 Å². The van der Waals surface area contributed by atoms with Gasteiger partial charge in [0, 0.05) is 138 Å². The summed E-state index contributed by atoms with van der Waals surface area (Å²) in [6.45, 7) is 70.1. The van der Waals surface area contributed by atoms with Crippen LogP contribution in [0.25, 0.3) is 90.1 Å². The molecule has 752 valence electrons. The maximum atomic E-state index is 4.69. The van der Waals surface area contributed by atoms with Crippen LogP contribution in [-0.2, 0) is 93.3 Å². The van der Waals surface area contributed by atoms with Crippen molar-refractivity contribution >= 4 is 106 Å². The van der Waals surface area contributed by atoms with Gasteiger partial charge in [-0.1, -0.05) is 280 Å². The Balaban J connectivity index is 0.000000285. The Morgan fingerprint density at radius 2 is 0.451 bits per heavy atom. The summed E-state index contributed by atoms with van der Waals surface area (Å²) in [4.78, 5) is 35.9. The summed E-state index contributed by atoms with van der Waals surface area (Å²) >= 11 is 0. The molecule has 0 saturated heterocycles. The summed E-state index contributed by atoms with van der Waals surface area (Å²) in [6, 6.07) is 117. The third kappa shape index (κ3) is 40.3. The fourth-order valence-corrected chi connectivity index (χ4v) is 26.6. The third-order valence-corrected chi connectivity index (χ3v) is 39.7. The molecule has 0 atom stereocenters. The van der Waals surface area contributed by atoms with Gasteiger partial charge in [0.1, 0.15) is 0 Å². The van der Waals surface area contributed by atoms with E-state index in [1.165, 1.54) is 63.7 Å². The first-order valence-corrected chi connectivity index (χ1v) is 76.6. The van der Waals surface area contributed by atoms with Crippen LogP contribution in [0, 0.1) is 74.2 Å². The van der Waals surface area contributed by atoms with Gasteiger partial charge >= 0.3 is 0 Å². The maximum absolute atomic E-state index is 4.69. The number of benzene rings is 8. The number of aryl methyl sites for hydroxylation is 2. The molecule has 0 amide bonds. The number of nitrogens with zero attached hydrogens (tertiary/aromatic N) is 8. The molecule has 0 fully saturated rings. The Morgan fingerprint density at radius 3 is 0.662 bits per heavy atom. The van der Waals surface area contributed by atoms with Gasteiger partial charge in [-0.15, -0.1) is 284 Å². The Kier molecular flexibility index (Phi) is 50.0. The Morgan fingerprint density at radius 1 is 0.211 bits per heavy atom. The van der Waals surface area contributed by atoms with E-state index in [9.17, 15) is 0 Å². The standard InChI is InChI=1S/2C18H24NSi.2C15H18NSi.4C14H16NSi.4Ir/c2*1-14(2)11-16-12-17(15-9-7-6-8-10-15)19-13-18(16)20(3,4)5;2*1-12-10-14(13-8-6-5-7-9-13)16-11-15(12)17(2,3)4;3*1-16(2,3)13-8-6-7-12(11-13)14-9-4-5-10-15-14;1-16(2,3)13-9-7-12(8-10-13)14-6-4-5-11-15-14;;;;/h2*6-9,12-14H,11H2,1-5H3;2*5-8,10-11H,1-4H3;3*4-6,8-11H,1-3H3;4-7,9-11H,1-3H3;;;;/q8*-1;;;;. The van der Waals surface area contributed by atoms with Crippen molar-refractivity contribution in [3.63, 3.8) is 0 Å². The molecule has 8 aromatic carbocycles. The minimum atomic E-state index is -1.34. The van der Waals surface area contributed by atoms with E-state index in [4.69, 9.17) is 0 Å². The molecule has 0 spiro atoms. The maximum Gasteiger partial charge on any atom is 0.0798 e.